The third-order valence-electron chi connectivity index (χ3n) is 5.03. The van der Waals surface area contributed by atoms with Crippen molar-refractivity contribution in [2.24, 2.45) is 5.73 Å². The predicted molar refractivity (Wildman–Crippen MR) is 104 cm³/mol. The van der Waals surface area contributed by atoms with Crippen molar-refractivity contribution in [3.05, 3.63) is 47.8 Å². The lowest BCUT2D eigenvalue weighted by atomic mass is 9.98. The van der Waals surface area contributed by atoms with Crippen LogP contribution in [0.2, 0.25) is 0 Å². The van der Waals surface area contributed by atoms with Crippen molar-refractivity contribution in [3.63, 3.8) is 0 Å². The normalized spacial score (nSPS) is 15.6. The third kappa shape index (κ3) is 3.94. The van der Waals surface area contributed by atoms with Gasteiger partial charge in [0.15, 0.2) is 0 Å². The molecule has 1 saturated heterocycles. The molecule has 1 amide bonds. The first kappa shape index (κ1) is 19.3. The van der Waals surface area contributed by atoms with E-state index in [0.717, 1.165) is 48.1 Å². The van der Waals surface area contributed by atoms with E-state index in [-0.39, 0.29) is 24.6 Å². The van der Waals surface area contributed by atoms with Gasteiger partial charge in [-0.1, -0.05) is 17.3 Å². The lowest BCUT2D eigenvalue weighted by Gasteiger charge is -2.25. The number of H-pyrrole nitrogens is 1. The van der Waals surface area contributed by atoms with Gasteiger partial charge in [-0.05, 0) is 73.3 Å². The molecule has 0 bridgehead atoms. The summed E-state index contributed by atoms with van der Waals surface area (Å²) >= 11 is 0. The molecule has 0 spiro atoms. The number of likely N-dealkylation sites (tertiary alicyclic amines) is 1. The minimum Gasteiger partial charge on any atom is -0.368 e. The second kappa shape index (κ2) is 8.02. The fourth-order valence-corrected chi connectivity index (χ4v) is 3.60. The van der Waals surface area contributed by atoms with Crippen LogP contribution in [0.25, 0.3) is 22.2 Å². The zero-order valence-corrected chi connectivity index (χ0v) is 15.5. The first-order valence-corrected chi connectivity index (χ1v) is 8.75. The van der Waals surface area contributed by atoms with Gasteiger partial charge in [0.05, 0.1) is 11.6 Å². The Balaban J connectivity index is 0.00000210. The predicted octanol–water partition coefficient (Wildman–Crippen LogP) is 2.68. The van der Waals surface area contributed by atoms with Crippen molar-refractivity contribution >= 4 is 29.3 Å². The van der Waals surface area contributed by atoms with E-state index < -0.39 is 11.9 Å². The van der Waals surface area contributed by atoms with E-state index in [9.17, 15) is 9.18 Å². The highest BCUT2D eigenvalue weighted by molar-refractivity contribution is 5.85. The number of hydrogen-bond donors (Lipinski definition) is 2. The monoisotopic (exact) mass is 389 g/mol. The Morgan fingerprint density at radius 3 is 2.63 bits per heavy atom. The number of fused-ring (bicyclic) bond motifs is 1. The molecule has 1 fully saturated rings. The lowest BCUT2D eigenvalue weighted by molar-refractivity contribution is -0.122. The maximum absolute atomic E-state index is 14.4. The van der Waals surface area contributed by atoms with Gasteiger partial charge in [-0.3, -0.25) is 14.8 Å². The number of carbonyl (C=O) groups excluding carboxylic acids is 1. The minimum atomic E-state index is -0.472. The van der Waals surface area contributed by atoms with Gasteiger partial charge in [0.2, 0.25) is 5.91 Å². The molecule has 0 aliphatic carbocycles. The minimum absolute atomic E-state index is 0. The van der Waals surface area contributed by atoms with E-state index in [4.69, 9.17) is 5.73 Å². The molecule has 3 N–H and O–H groups in total. The molecule has 1 aliphatic heterocycles. The molecule has 6 nitrogen and oxygen atoms in total. The van der Waals surface area contributed by atoms with E-state index in [2.05, 4.69) is 20.3 Å². The average Bonchev–Trinajstić information content (AvgIpc) is 3.31. The van der Waals surface area contributed by atoms with Crippen LogP contribution in [0.1, 0.15) is 18.4 Å². The summed E-state index contributed by atoms with van der Waals surface area (Å²) in [7, 11) is 0. The molecule has 1 atom stereocenters. The summed E-state index contributed by atoms with van der Waals surface area (Å²) in [5, 5.41) is 10.6. The van der Waals surface area contributed by atoms with Gasteiger partial charge < -0.3 is 5.73 Å². The molecule has 8 heteroatoms. The number of nitrogens with one attached hydrogen (secondary N) is 1. The van der Waals surface area contributed by atoms with Gasteiger partial charge in [0.1, 0.15) is 11.3 Å². The first-order chi connectivity index (χ1) is 12.6. The topological polar surface area (TPSA) is 87.9 Å². The van der Waals surface area contributed by atoms with Gasteiger partial charge in [-0.15, -0.1) is 17.5 Å². The number of carbonyl (C=O) groups is 1. The molecule has 0 radical (unpaired) electrons. The van der Waals surface area contributed by atoms with Gasteiger partial charge in [0.25, 0.3) is 0 Å². The summed E-state index contributed by atoms with van der Waals surface area (Å²) in [5.74, 6) is -0.720. The zero-order chi connectivity index (χ0) is 18.1. The molecule has 1 unspecified atom stereocenters. The SMILES string of the molecule is Cl.NC(=O)C(Cc1cc(-c2ccc3[nH]nnc3c2)ccc1F)N1CCCC1. The summed E-state index contributed by atoms with van der Waals surface area (Å²) in [5.41, 5.74) is 9.48. The Morgan fingerprint density at radius 2 is 1.89 bits per heavy atom. The molecule has 0 saturated carbocycles. The van der Waals surface area contributed by atoms with Crippen molar-refractivity contribution in [2.45, 2.75) is 25.3 Å². The quantitative estimate of drug-likeness (QED) is 0.702. The van der Waals surface area contributed by atoms with Crippen LogP contribution in [0.5, 0.6) is 0 Å². The summed E-state index contributed by atoms with van der Waals surface area (Å²) in [6, 6.07) is 10.2. The van der Waals surface area contributed by atoms with Crippen molar-refractivity contribution in [2.75, 3.05) is 13.1 Å². The van der Waals surface area contributed by atoms with Crippen LogP contribution in [0.15, 0.2) is 36.4 Å². The molecule has 142 valence electrons. The highest BCUT2D eigenvalue weighted by Crippen LogP contribution is 2.26. The van der Waals surface area contributed by atoms with Crippen molar-refractivity contribution in [1.29, 1.82) is 0 Å². The number of amides is 1. The van der Waals surface area contributed by atoms with Crippen LogP contribution < -0.4 is 5.73 Å². The van der Waals surface area contributed by atoms with Gasteiger partial charge in [-0.25, -0.2) is 4.39 Å². The Morgan fingerprint density at radius 1 is 1.19 bits per heavy atom. The summed E-state index contributed by atoms with van der Waals surface area (Å²) < 4.78 is 14.4. The fourth-order valence-electron chi connectivity index (χ4n) is 3.60. The first-order valence-electron chi connectivity index (χ1n) is 8.75. The number of aromatic amines is 1. The number of primary amides is 1. The molecule has 27 heavy (non-hydrogen) atoms. The third-order valence-corrected chi connectivity index (χ3v) is 5.03. The highest BCUT2D eigenvalue weighted by atomic mass is 35.5. The second-order valence-electron chi connectivity index (χ2n) is 6.72. The number of nitrogens with two attached hydrogens (primary N) is 1. The average molecular weight is 390 g/mol. The fraction of sp³-hybridized carbons (Fsp3) is 0.316. The summed E-state index contributed by atoms with van der Waals surface area (Å²) in [6.45, 7) is 1.66. The maximum Gasteiger partial charge on any atom is 0.235 e. The van der Waals surface area contributed by atoms with Gasteiger partial charge in [-0.2, -0.15) is 0 Å². The van der Waals surface area contributed by atoms with Gasteiger partial charge >= 0.3 is 0 Å². The van der Waals surface area contributed by atoms with Crippen LogP contribution in [0, 0.1) is 5.82 Å². The van der Waals surface area contributed by atoms with Crippen LogP contribution in [0.4, 0.5) is 4.39 Å². The van der Waals surface area contributed by atoms with E-state index in [1.54, 1.807) is 12.1 Å². The highest BCUT2D eigenvalue weighted by Gasteiger charge is 2.27. The Kier molecular flexibility index (Phi) is 5.72. The smallest absolute Gasteiger partial charge is 0.235 e. The van der Waals surface area contributed by atoms with E-state index >= 15 is 0 Å². The molecule has 1 aromatic heterocycles. The van der Waals surface area contributed by atoms with Crippen LogP contribution >= 0.6 is 12.4 Å². The molecule has 2 aromatic carbocycles. The Bertz CT molecular complexity index is 954. The summed E-state index contributed by atoms with van der Waals surface area (Å²) in [6.07, 6.45) is 2.37. The van der Waals surface area contributed by atoms with Gasteiger partial charge in [0, 0.05) is 0 Å². The van der Waals surface area contributed by atoms with Crippen LogP contribution in [-0.2, 0) is 11.2 Å². The molecular weight excluding hydrogens is 369 g/mol. The van der Waals surface area contributed by atoms with Crippen molar-refractivity contribution in [3.8, 4) is 11.1 Å². The number of rotatable bonds is 5. The second-order valence-corrected chi connectivity index (χ2v) is 6.72. The van der Waals surface area contributed by atoms with E-state index in [1.807, 2.05) is 18.2 Å². The lowest BCUT2D eigenvalue weighted by Crippen LogP contribution is -2.44. The van der Waals surface area contributed by atoms with Crippen molar-refractivity contribution in [1.82, 2.24) is 20.3 Å². The number of aromatic nitrogens is 3. The number of nitrogens with zero attached hydrogens (tertiary/aromatic N) is 3. The maximum atomic E-state index is 14.4. The van der Waals surface area contributed by atoms with E-state index in [0.29, 0.717) is 5.56 Å². The zero-order valence-electron chi connectivity index (χ0n) is 14.7. The summed E-state index contributed by atoms with van der Waals surface area (Å²) in [4.78, 5) is 14.0. The Hall–Kier alpha value is -2.51. The van der Waals surface area contributed by atoms with Crippen LogP contribution in [-0.4, -0.2) is 45.3 Å². The standard InChI is InChI=1S/C19H20FN5O.ClH/c20-15-5-3-12(13-4-6-16-17(10-13)23-24-22-16)9-14(15)11-18(19(21)26)25-7-1-2-8-25;/h3-6,9-10,18H,1-2,7-8,11H2,(H2,21,26)(H,22,23,24);1H. The van der Waals surface area contributed by atoms with E-state index in [1.165, 1.54) is 6.07 Å². The number of halogens is 2. The Labute approximate surface area is 162 Å². The number of benzene rings is 2. The molecule has 3 aromatic rings. The van der Waals surface area contributed by atoms with Crippen molar-refractivity contribution < 1.29 is 9.18 Å². The molecular formula is C19H21ClFN5O. The molecule has 1 aliphatic rings. The van der Waals surface area contributed by atoms with Crippen LogP contribution in [0.3, 0.4) is 0 Å². The largest absolute Gasteiger partial charge is 0.368 e. The molecule has 4 rings (SSSR count). The number of hydrogen-bond acceptors (Lipinski definition) is 4. The molecule has 2 heterocycles.